The summed E-state index contributed by atoms with van der Waals surface area (Å²) >= 11 is 11.9. The Hall–Kier alpha value is -0.280. The van der Waals surface area contributed by atoms with E-state index in [0.29, 0.717) is 10.0 Å². The zero-order chi connectivity index (χ0) is 11.0. The summed E-state index contributed by atoms with van der Waals surface area (Å²) in [6.07, 6.45) is -0.205. The fourth-order valence-electron chi connectivity index (χ4n) is 1.48. The van der Waals surface area contributed by atoms with Crippen LogP contribution in [0.1, 0.15) is 25.7 Å². The molecule has 0 amide bonds. The fourth-order valence-corrected chi connectivity index (χ4v) is 1.98. The first-order valence-corrected chi connectivity index (χ1v) is 5.59. The molecule has 1 aliphatic heterocycles. The van der Waals surface area contributed by atoms with Gasteiger partial charge in [0.2, 0.25) is 0 Å². The van der Waals surface area contributed by atoms with E-state index >= 15 is 0 Å². The first kappa shape index (κ1) is 11.2. The minimum atomic E-state index is -0.375. The number of hydrogen-bond acceptors (Lipinski definition) is 2. The highest BCUT2D eigenvalue weighted by Gasteiger charge is 2.31. The molecule has 2 rings (SSSR count). The Morgan fingerprint density at radius 1 is 1.07 bits per heavy atom. The summed E-state index contributed by atoms with van der Waals surface area (Å²) in [5.74, 6) is 0. The second-order valence-corrected chi connectivity index (χ2v) is 4.52. The quantitative estimate of drug-likeness (QED) is 0.751. The second kappa shape index (κ2) is 4.30. The molecule has 1 aromatic carbocycles. The Morgan fingerprint density at radius 3 is 2.20 bits per heavy atom. The Kier molecular flexibility index (Phi) is 3.21. The molecule has 0 spiro atoms. The predicted octanol–water partition coefficient (Wildman–Crippen LogP) is 3.82. The van der Waals surface area contributed by atoms with Crippen LogP contribution < -0.4 is 0 Å². The van der Waals surface area contributed by atoms with Gasteiger partial charge in [0.15, 0.2) is 6.29 Å². The van der Waals surface area contributed by atoms with E-state index in [1.807, 2.05) is 19.9 Å². The largest absolute Gasteiger partial charge is 0.343 e. The van der Waals surface area contributed by atoms with Gasteiger partial charge in [-0.25, -0.2) is 0 Å². The minimum Gasteiger partial charge on any atom is -0.343 e. The van der Waals surface area contributed by atoms with Crippen molar-refractivity contribution in [1.82, 2.24) is 0 Å². The van der Waals surface area contributed by atoms with Gasteiger partial charge in [-0.1, -0.05) is 29.3 Å². The lowest BCUT2D eigenvalue weighted by atomic mass is 10.2. The van der Waals surface area contributed by atoms with E-state index in [9.17, 15) is 0 Å². The lowest BCUT2D eigenvalue weighted by Gasteiger charge is -2.11. The maximum Gasteiger partial charge on any atom is 0.186 e. The minimum absolute atomic E-state index is 0.0849. The van der Waals surface area contributed by atoms with Gasteiger partial charge in [0.05, 0.1) is 17.2 Å². The molecule has 1 fully saturated rings. The van der Waals surface area contributed by atoms with E-state index in [1.54, 1.807) is 12.1 Å². The zero-order valence-corrected chi connectivity index (χ0v) is 10.0. The number of rotatable bonds is 1. The summed E-state index contributed by atoms with van der Waals surface area (Å²) in [7, 11) is 0. The monoisotopic (exact) mass is 246 g/mol. The molecule has 0 aromatic heterocycles. The van der Waals surface area contributed by atoms with Crippen molar-refractivity contribution in [2.24, 2.45) is 0 Å². The van der Waals surface area contributed by atoms with Crippen LogP contribution in [-0.2, 0) is 9.47 Å². The average Bonchev–Trinajstić information content (AvgIpc) is 2.46. The van der Waals surface area contributed by atoms with E-state index in [4.69, 9.17) is 32.7 Å². The van der Waals surface area contributed by atoms with E-state index in [1.165, 1.54) is 0 Å². The average molecular weight is 247 g/mol. The molecule has 1 aliphatic rings. The molecular formula is C11H12Cl2O2. The van der Waals surface area contributed by atoms with Gasteiger partial charge in [0, 0.05) is 10.6 Å². The van der Waals surface area contributed by atoms with Gasteiger partial charge in [0.25, 0.3) is 0 Å². The third kappa shape index (κ3) is 2.28. The van der Waals surface area contributed by atoms with Gasteiger partial charge >= 0.3 is 0 Å². The van der Waals surface area contributed by atoms with Crippen LogP contribution in [0, 0.1) is 0 Å². The molecule has 0 saturated carbocycles. The first-order valence-electron chi connectivity index (χ1n) is 4.84. The van der Waals surface area contributed by atoms with Crippen molar-refractivity contribution >= 4 is 23.2 Å². The maximum atomic E-state index is 6.06. The van der Waals surface area contributed by atoms with E-state index in [0.717, 1.165) is 5.56 Å². The smallest absolute Gasteiger partial charge is 0.186 e. The molecule has 0 radical (unpaired) electrons. The molecule has 0 N–H and O–H groups in total. The topological polar surface area (TPSA) is 18.5 Å². The van der Waals surface area contributed by atoms with Crippen LogP contribution >= 0.6 is 23.2 Å². The van der Waals surface area contributed by atoms with Crippen LogP contribution in [0.4, 0.5) is 0 Å². The molecule has 82 valence electrons. The fraction of sp³-hybridized carbons (Fsp3) is 0.455. The Bertz CT molecular complexity index is 358. The molecule has 4 heteroatoms. The molecule has 2 atom stereocenters. The van der Waals surface area contributed by atoms with Gasteiger partial charge in [0.1, 0.15) is 0 Å². The number of ether oxygens (including phenoxy) is 2. The normalized spacial score (nSPS) is 27.2. The van der Waals surface area contributed by atoms with Crippen LogP contribution in [0.15, 0.2) is 18.2 Å². The third-order valence-corrected chi connectivity index (χ3v) is 3.12. The molecule has 15 heavy (non-hydrogen) atoms. The van der Waals surface area contributed by atoms with Crippen LogP contribution in [0.3, 0.4) is 0 Å². The third-order valence-electron chi connectivity index (χ3n) is 2.55. The van der Waals surface area contributed by atoms with Crippen LogP contribution in [0.2, 0.25) is 10.0 Å². The highest BCUT2D eigenvalue weighted by atomic mass is 35.5. The first-order chi connectivity index (χ1) is 7.08. The summed E-state index contributed by atoms with van der Waals surface area (Å²) in [6, 6.07) is 5.31. The van der Waals surface area contributed by atoms with Crippen molar-refractivity contribution in [3.63, 3.8) is 0 Å². The Balaban J connectivity index is 2.24. The Labute approximate surface area is 99.1 Å². The van der Waals surface area contributed by atoms with Gasteiger partial charge < -0.3 is 9.47 Å². The van der Waals surface area contributed by atoms with Crippen molar-refractivity contribution in [2.75, 3.05) is 0 Å². The molecule has 2 nitrogen and oxygen atoms in total. The molecule has 1 heterocycles. The van der Waals surface area contributed by atoms with E-state index in [2.05, 4.69) is 0 Å². The van der Waals surface area contributed by atoms with Gasteiger partial charge in [-0.2, -0.15) is 0 Å². The van der Waals surface area contributed by atoms with E-state index in [-0.39, 0.29) is 18.5 Å². The van der Waals surface area contributed by atoms with Gasteiger partial charge in [-0.15, -0.1) is 0 Å². The van der Waals surface area contributed by atoms with Crippen molar-refractivity contribution < 1.29 is 9.47 Å². The number of benzene rings is 1. The number of hydrogen-bond donors (Lipinski definition) is 0. The van der Waals surface area contributed by atoms with Crippen LogP contribution in [0.25, 0.3) is 0 Å². The predicted molar refractivity (Wildman–Crippen MR) is 60.3 cm³/mol. The summed E-state index contributed by atoms with van der Waals surface area (Å²) in [5, 5.41) is 1.19. The molecule has 0 aliphatic carbocycles. The second-order valence-electron chi connectivity index (χ2n) is 3.68. The molecule has 0 unspecified atom stereocenters. The van der Waals surface area contributed by atoms with Crippen molar-refractivity contribution in [3.8, 4) is 0 Å². The molecular weight excluding hydrogens is 235 g/mol. The molecule has 1 aromatic rings. The summed E-state index contributed by atoms with van der Waals surface area (Å²) in [5.41, 5.74) is 0.831. The standard InChI is InChI=1S/C11H12Cl2O2/c1-6-7(2)15-11(14-6)9-4-3-8(12)5-10(9)13/h3-7,11H,1-2H3/t6-,7-/m0/s1. The zero-order valence-electron chi connectivity index (χ0n) is 8.54. The van der Waals surface area contributed by atoms with Crippen LogP contribution in [0.5, 0.6) is 0 Å². The molecule has 0 bridgehead atoms. The van der Waals surface area contributed by atoms with Crippen molar-refractivity contribution in [3.05, 3.63) is 33.8 Å². The lowest BCUT2D eigenvalue weighted by Crippen LogP contribution is -2.13. The van der Waals surface area contributed by atoms with Crippen molar-refractivity contribution in [1.29, 1.82) is 0 Å². The Morgan fingerprint density at radius 2 is 1.67 bits per heavy atom. The lowest BCUT2D eigenvalue weighted by molar-refractivity contribution is -0.0651. The van der Waals surface area contributed by atoms with Crippen molar-refractivity contribution in [2.45, 2.75) is 32.3 Å². The maximum absolute atomic E-state index is 6.06. The summed E-state index contributed by atoms with van der Waals surface area (Å²) in [6.45, 7) is 3.96. The summed E-state index contributed by atoms with van der Waals surface area (Å²) in [4.78, 5) is 0. The highest BCUT2D eigenvalue weighted by Crippen LogP contribution is 2.35. The van der Waals surface area contributed by atoms with Gasteiger partial charge in [-0.05, 0) is 26.0 Å². The molecule has 1 saturated heterocycles. The SMILES string of the molecule is C[C@@H]1OC(c2ccc(Cl)cc2Cl)O[C@H]1C. The van der Waals surface area contributed by atoms with E-state index < -0.39 is 0 Å². The number of halogens is 2. The highest BCUT2D eigenvalue weighted by molar-refractivity contribution is 6.35. The van der Waals surface area contributed by atoms with Gasteiger partial charge in [-0.3, -0.25) is 0 Å². The summed E-state index contributed by atoms with van der Waals surface area (Å²) < 4.78 is 11.3. The van der Waals surface area contributed by atoms with Crippen LogP contribution in [-0.4, -0.2) is 12.2 Å².